The number of hydrogen-bond acceptors (Lipinski definition) is 5. The first-order valence-corrected chi connectivity index (χ1v) is 6.42. The van der Waals surface area contributed by atoms with Crippen molar-refractivity contribution in [3.05, 3.63) is 23.4 Å². The molecular formula is C14H18N2O4. The number of carboxylic acid groups (broad SMARTS) is 1. The van der Waals surface area contributed by atoms with E-state index in [0.717, 1.165) is 0 Å². The molecule has 108 valence electrons. The van der Waals surface area contributed by atoms with Crippen LogP contribution in [-0.4, -0.2) is 42.2 Å². The van der Waals surface area contributed by atoms with Crippen molar-refractivity contribution in [3.8, 4) is 0 Å². The van der Waals surface area contributed by atoms with Gasteiger partial charge >= 0.3 is 11.9 Å². The van der Waals surface area contributed by atoms with Gasteiger partial charge in [-0.2, -0.15) is 0 Å². The summed E-state index contributed by atoms with van der Waals surface area (Å²) in [6.45, 7) is 4.55. The van der Waals surface area contributed by atoms with Crippen LogP contribution in [-0.2, 0) is 9.53 Å². The Morgan fingerprint density at radius 3 is 2.65 bits per heavy atom. The first-order chi connectivity index (χ1) is 9.37. The number of hydrogen-bond donors (Lipinski definition) is 1. The number of anilines is 1. The number of pyridine rings is 1. The molecule has 0 bridgehead atoms. The summed E-state index contributed by atoms with van der Waals surface area (Å²) in [7, 11) is 1.33. The number of carbonyl (C=O) groups is 2. The Balaban J connectivity index is 2.22. The second-order valence-corrected chi connectivity index (χ2v) is 5.33. The molecule has 2 rings (SSSR count). The van der Waals surface area contributed by atoms with Crippen molar-refractivity contribution < 1.29 is 19.4 Å². The highest BCUT2D eigenvalue weighted by Crippen LogP contribution is 2.32. The number of aliphatic carboxylic acids is 1. The third-order valence-electron chi connectivity index (χ3n) is 3.79. The number of methoxy groups -OCH3 is 1. The molecule has 1 fully saturated rings. The van der Waals surface area contributed by atoms with E-state index in [4.69, 9.17) is 0 Å². The minimum atomic E-state index is -0.789. The van der Waals surface area contributed by atoms with Crippen LogP contribution in [0.15, 0.2) is 12.1 Å². The van der Waals surface area contributed by atoms with Crippen LogP contribution in [0.2, 0.25) is 0 Å². The van der Waals surface area contributed by atoms with E-state index in [0.29, 0.717) is 36.6 Å². The van der Waals surface area contributed by atoms with Crippen LogP contribution in [0, 0.1) is 12.3 Å². The summed E-state index contributed by atoms with van der Waals surface area (Å²) >= 11 is 0. The molecule has 0 aromatic carbocycles. The molecule has 1 aromatic rings. The lowest BCUT2D eigenvalue weighted by Crippen LogP contribution is -2.32. The van der Waals surface area contributed by atoms with Gasteiger partial charge in [0.25, 0.3) is 0 Å². The van der Waals surface area contributed by atoms with Crippen molar-refractivity contribution in [2.24, 2.45) is 5.41 Å². The van der Waals surface area contributed by atoms with Gasteiger partial charge in [0.05, 0.1) is 23.8 Å². The van der Waals surface area contributed by atoms with E-state index in [1.807, 2.05) is 4.90 Å². The number of aromatic nitrogens is 1. The van der Waals surface area contributed by atoms with Gasteiger partial charge in [0.15, 0.2) is 0 Å². The van der Waals surface area contributed by atoms with E-state index < -0.39 is 17.4 Å². The fourth-order valence-corrected chi connectivity index (χ4v) is 2.38. The fraction of sp³-hybridized carbons (Fsp3) is 0.500. The number of rotatable bonds is 3. The van der Waals surface area contributed by atoms with E-state index >= 15 is 0 Å². The molecule has 1 N–H and O–H groups in total. The van der Waals surface area contributed by atoms with Crippen LogP contribution in [0.5, 0.6) is 0 Å². The van der Waals surface area contributed by atoms with E-state index in [1.54, 1.807) is 26.0 Å². The summed E-state index contributed by atoms with van der Waals surface area (Å²) in [5.41, 5.74) is 0.270. The molecule has 1 aliphatic rings. The predicted molar refractivity (Wildman–Crippen MR) is 72.9 cm³/mol. The topological polar surface area (TPSA) is 79.7 Å². The van der Waals surface area contributed by atoms with Gasteiger partial charge in [-0.1, -0.05) is 0 Å². The molecule has 1 saturated heterocycles. The second-order valence-electron chi connectivity index (χ2n) is 5.33. The SMILES string of the molecule is COC(=O)c1ccc(N2CCC(C)(C(=O)O)C2)nc1C. The molecule has 1 aromatic heterocycles. The summed E-state index contributed by atoms with van der Waals surface area (Å²) < 4.78 is 4.68. The third kappa shape index (κ3) is 2.45. The van der Waals surface area contributed by atoms with Gasteiger partial charge < -0.3 is 14.7 Å². The second kappa shape index (κ2) is 5.11. The van der Waals surface area contributed by atoms with Gasteiger partial charge in [-0.05, 0) is 32.4 Å². The molecular weight excluding hydrogens is 260 g/mol. The van der Waals surface area contributed by atoms with Crippen molar-refractivity contribution >= 4 is 17.8 Å². The van der Waals surface area contributed by atoms with Crippen LogP contribution in [0.3, 0.4) is 0 Å². The Bertz CT molecular complexity index is 558. The van der Waals surface area contributed by atoms with E-state index in [-0.39, 0.29) is 0 Å². The zero-order chi connectivity index (χ0) is 14.9. The van der Waals surface area contributed by atoms with Gasteiger partial charge in [-0.25, -0.2) is 9.78 Å². The lowest BCUT2D eigenvalue weighted by molar-refractivity contribution is -0.146. The first-order valence-electron chi connectivity index (χ1n) is 6.42. The van der Waals surface area contributed by atoms with Gasteiger partial charge in [0, 0.05) is 13.1 Å². The highest BCUT2D eigenvalue weighted by atomic mass is 16.5. The molecule has 1 atom stereocenters. The van der Waals surface area contributed by atoms with Crippen LogP contribution in [0.25, 0.3) is 0 Å². The van der Waals surface area contributed by atoms with Crippen LogP contribution < -0.4 is 4.90 Å². The van der Waals surface area contributed by atoms with E-state index in [1.165, 1.54) is 7.11 Å². The average molecular weight is 278 g/mol. The smallest absolute Gasteiger partial charge is 0.339 e. The molecule has 20 heavy (non-hydrogen) atoms. The molecule has 0 amide bonds. The maximum atomic E-state index is 11.5. The minimum Gasteiger partial charge on any atom is -0.481 e. The van der Waals surface area contributed by atoms with Crippen LogP contribution in [0.1, 0.15) is 29.4 Å². The Morgan fingerprint density at radius 1 is 1.45 bits per heavy atom. The molecule has 0 spiro atoms. The highest BCUT2D eigenvalue weighted by molar-refractivity contribution is 5.90. The Kier molecular flexibility index (Phi) is 3.65. The largest absolute Gasteiger partial charge is 0.481 e. The zero-order valence-electron chi connectivity index (χ0n) is 11.8. The molecule has 6 nitrogen and oxygen atoms in total. The number of nitrogens with zero attached hydrogens (tertiary/aromatic N) is 2. The van der Waals surface area contributed by atoms with Crippen molar-refractivity contribution in [3.63, 3.8) is 0 Å². The Labute approximate surface area is 117 Å². The molecule has 1 aliphatic heterocycles. The molecule has 1 unspecified atom stereocenters. The zero-order valence-corrected chi connectivity index (χ0v) is 11.8. The number of esters is 1. The maximum Gasteiger partial charge on any atom is 0.339 e. The fourth-order valence-electron chi connectivity index (χ4n) is 2.38. The molecule has 0 radical (unpaired) electrons. The number of carbonyl (C=O) groups excluding carboxylic acids is 1. The maximum absolute atomic E-state index is 11.5. The third-order valence-corrected chi connectivity index (χ3v) is 3.79. The van der Waals surface area contributed by atoms with Gasteiger partial charge in [-0.3, -0.25) is 4.79 Å². The number of aryl methyl sites for hydroxylation is 1. The summed E-state index contributed by atoms with van der Waals surface area (Å²) in [5, 5.41) is 9.23. The van der Waals surface area contributed by atoms with E-state index in [2.05, 4.69) is 9.72 Å². The van der Waals surface area contributed by atoms with Crippen molar-refractivity contribution in [1.29, 1.82) is 0 Å². The monoisotopic (exact) mass is 278 g/mol. The van der Waals surface area contributed by atoms with Crippen LogP contribution >= 0.6 is 0 Å². The van der Waals surface area contributed by atoms with E-state index in [9.17, 15) is 14.7 Å². The van der Waals surface area contributed by atoms with Crippen LogP contribution in [0.4, 0.5) is 5.82 Å². The number of carboxylic acids is 1. The standard InChI is InChI=1S/C14H18N2O4/c1-9-10(12(17)20-3)4-5-11(15-9)16-7-6-14(2,8-16)13(18)19/h4-5H,6-8H2,1-3H3,(H,18,19). The summed E-state index contributed by atoms with van der Waals surface area (Å²) in [6, 6.07) is 3.40. The first kappa shape index (κ1) is 14.3. The van der Waals surface area contributed by atoms with Gasteiger partial charge in [-0.15, -0.1) is 0 Å². The van der Waals surface area contributed by atoms with Crippen molar-refractivity contribution in [1.82, 2.24) is 4.98 Å². The molecule has 0 saturated carbocycles. The number of ether oxygens (including phenoxy) is 1. The average Bonchev–Trinajstić information content (AvgIpc) is 2.82. The lowest BCUT2D eigenvalue weighted by atomic mass is 9.90. The predicted octanol–water partition coefficient (Wildman–Crippen LogP) is 1.48. The summed E-state index contributed by atoms with van der Waals surface area (Å²) in [6.07, 6.45) is 0.585. The molecule has 2 heterocycles. The minimum absolute atomic E-state index is 0.418. The Hall–Kier alpha value is -2.11. The highest BCUT2D eigenvalue weighted by Gasteiger charge is 2.40. The van der Waals surface area contributed by atoms with Gasteiger partial charge in [0.2, 0.25) is 0 Å². The molecule has 0 aliphatic carbocycles. The Morgan fingerprint density at radius 2 is 2.15 bits per heavy atom. The quantitative estimate of drug-likeness (QED) is 0.844. The summed E-state index contributed by atoms with van der Waals surface area (Å²) in [5.74, 6) is -0.513. The lowest BCUT2D eigenvalue weighted by Gasteiger charge is -2.21. The van der Waals surface area contributed by atoms with Crippen molar-refractivity contribution in [2.75, 3.05) is 25.1 Å². The summed E-state index contributed by atoms with van der Waals surface area (Å²) in [4.78, 5) is 29.1. The van der Waals surface area contributed by atoms with Gasteiger partial charge in [0.1, 0.15) is 5.82 Å². The van der Waals surface area contributed by atoms with Crippen molar-refractivity contribution in [2.45, 2.75) is 20.3 Å². The molecule has 6 heteroatoms. The normalized spacial score (nSPS) is 21.9.